The smallest absolute Gasteiger partial charge is 0.282 e. The number of unbranched alkanes of at least 4 members (excludes halogenated alkanes) is 1. The third-order valence-electron chi connectivity index (χ3n) is 3.17. The number of amides is 1. The second-order valence-electron chi connectivity index (χ2n) is 4.69. The maximum absolute atomic E-state index is 12.4. The highest BCUT2D eigenvalue weighted by atomic mass is 32.2. The van der Waals surface area contributed by atoms with Crippen molar-refractivity contribution in [2.24, 2.45) is 0 Å². The molecule has 0 aromatic heterocycles. The van der Waals surface area contributed by atoms with Crippen LogP contribution in [0.25, 0.3) is 0 Å². The molecular formula is C11H23N3O4S. The molecule has 1 amide bonds. The summed E-state index contributed by atoms with van der Waals surface area (Å²) in [6.45, 7) is 2.92. The van der Waals surface area contributed by atoms with Gasteiger partial charge in [-0.3, -0.25) is 10.0 Å². The third kappa shape index (κ3) is 4.72. The van der Waals surface area contributed by atoms with Gasteiger partial charge in [-0.05, 0) is 19.3 Å². The van der Waals surface area contributed by atoms with Crippen LogP contribution in [0, 0.1) is 0 Å². The Bertz CT molecular complexity index is 379. The molecule has 0 unspecified atom stereocenters. The highest BCUT2D eigenvalue weighted by Crippen LogP contribution is 2.16. The first-order valence-electron chi connectivity index (χ1n) is 6.70. The van der Waals surface area contributed by atoms with Gasteiger partial charge in [-0.25, -0.2) is 5.48 Å². The van der Waals surface area contributed by atoms with Crippen molar-refractivity contribution in [3.05, 3.63) is 0 Å². The van der Waals surface area contributed by atoms with Crippen LogP contribution in [-0.4, -0.2) is 54.3 Å². The molecule has 112 valence electrons. The zero-order valence-electron chi connectivity index (χ0n) is 11.3. The molecule has 1 fully saturated rings. The fourth-order valence-electron chi connectivity index (χ4n) is 2.06. The standard InChI is InChI=1S/C11H23N3O4S/c1-2-3-7-14(10-11(15)12-16)19(17,18)13-8-5-4-6-9-13/h16H,2-10H2,1H3,(H,12,15). The minimum Gasteiger partial charge on any atom is -0.289 e. The summed E-state index contributed by atoms with van der Waals surface area (Å²) in [5.41, 5.74) is 1.48. The maximum atomic E-state index is 12.4. The Morgan fingerprint density at radius 2 is 1.95 bits per heavy atom. The second-order valence-corrected chi connectivity index (χ2v) is 6.62. The predicted octanol–water partition coefficient (Wildman–Crippen LogP) is 0.325. The largest absolute Gasteiger partial charge is 0.289 e. The van der Waals surface area contributed by atoms with Crippen molar-refractivity contribution >= 4 is 16.1 Å². The molecule has 8 heteroatoms. The van der Waals surface area contributed by atoms with Crippen LogP contribution in [0.1, 0.15) is 39.0 Å². The summed E-state index contributed by atoms with van der Waals surface area (Å²) in [5, 5.41) is 8.55. The van der Waals surface area contributed by atoms with E-state index in [0.29, 0.717) is 26.1 Å². The van der Waals surface area contributed by atoms with E-state index < -0.39 is 16.1 Å². The molecule has 0 radical (unpaired) electrons. The first-order chi connectivity index (χ1) is 9.02. The molecule has 0 aliphatic carbocycles. The Morgan fingerprint density at radius 3 is 2.47 bits per heavy atom. The van der Waals surface area contributed by atoms with Gasteiger partial charge < -0.3 is 0 Å². The fourth-order valence-corrected chi connectivity index (χ4v) is 3.75. The van der Waals surface area contributed by atoms with Crippen molar-refractivity contribution in [1.82, 2.24) is 14.1 Å². The van der Waals surface area contributed by atoms with Crippen LogP contribution >= 0.6 is 0 Å². The average molecular weight is 293 g/mol. The van der Waals surface area contributed by atoms with Gasteiger partial charge in [-0.1, -0.05) is 19.8 Å². The van der Waals surface area contributed by atoms with Crippen LogP contribution < -0.4 is 5.48 Å². The molecule has 1 saturated heterocycles. The van der Waals surface area contributed by atoms with Gasteiger partial charge in [0.15, 0.2) is 0 Å². The van der Waals surface area contributed by atoms with Crippen LogP contribution in [-0.2, 0) is 15.0 Å². The second kappa shape index (κ2) is 7.78. The zero-order valence-corrected chi connectivity index (χ0v) is 12.2. The number of hydrogen-bond acceptors (Lipinski definition) is 4. The van der Waals surface area contributed by atoms with Gasteiger partial charge in [0, 0.05) is 19.6 Å². The molecule has 19 heavy (non-hydrogen) atoms. The number of carbonyl (C=O) groups is 1. The van der Waals surface area contributed by atoms with Gasteiger partial charge >= 0.3 is 0 Å². The van der Waals surface area contributed by atoms with Gasteiger partial charge in [0.1, 0.15) is 0 Å². The summed E-state index contributed by atoms with van der Waals surface area (Å²) in [6.07, 6.45) is 4.27. The molecule has 0 aromatic rings. The first kappa shape index (κ1) is 16.4. The monoisotopic (exact) mass is 293 g/mol. The lowest BCUT2D eigenvalue weighted by atomic mass is 10.2. The van der Waals surface area contributed by atoms with E-state index in [4.69, 9.17) is 5.21 Å². The lowest BCUT2D eigenvalue weighted by Crippen LogP contribution is -2.49. The summed E-state index contributed by atoms with van der Waals surface area (Å²) < 4.78 is 27.4. The van der Waals surface area contributed by atoms with E-state index in [0.717, 1.165) is 30.0 Å². The Kier molecular flexibility index (Phi) is 6.70. The SMILES string of the molecule is CCCCN(CC(=O)NO)S(=O)(=O)N1CCCCC1. The number of carbonyl (C=O) groups excluding carboxylic acids is 1. The minimum atomic E-state index is -3.61. The van der Waals surface area contributed by atoms with Gasteiger partial charge in [-0.15, -0.1) is 0 Å². The highest BCUT2D eigenvalue weighted by molar-refractivity contribution is 7.86. The molecule has 1 heterocycles. The normalized spacial score (nSPS) is 17.6. The summed E-state index contributed by atoms with van der Waals surface area (Å²) in [4.78, 5) is 11.2. The van der Waals surface area contributed by atoms with Crippen molar-refractivity contribution in [3.8, 4) is 0 Å². The number of nitrogens with one attached hydrogen (secondary N) is 1. The Labute approximate surface area is 114 Å². The van der Waals surface area contributed by atoms with Crippen LogP contribution in [0.4, 0.5) is 0 Å². The van der Waals surface area contributed by atoms with Crippen LogP contribution in [0.2, 0.25) is 0 Å². The van der Waals surface area contributed by atoms with Crippen LogP contribution in [0.3, 0.4) is 0 Å². The molecule has 0 spiro atoms. The number of nitrogens with zero attached hydrogens (tertiary/aromatic N) is 2. The van der Waals surface area contributed by atoms with Gasteiger partial charge in [0.05, 0.1) is 6.54 Å². The molecule has 0 aromatic carbocycles. The van der Waals surface area contributed by atoms with Crippen molar-refractivity contribution in [2.75, 3.05) is 26.2 Å². The lowest BCUT2D eigenvalue weighted by Gasteiger charge is -2.31. The van der Waals surface area contributed by atoms with Crippen LogP contribution in [0.5, 0.6) is 0 Å². The zero-order chi connectivity index (χ0) is 14.3. The molecule has 1 aliphatic heterocycles. The van der Waals surface area contributed by atoms with E-state index in [2.05, 4.69) is 0 Å². The quantitative estimate of drug-likeness (QED) is 0.522. The molecule has 7 nitrogen and oxygen atoms in total. The topological polar surface area (TPSA) is 90.0 Å². The van der Waals surface area contributed by atoms with E-state index in [1.807, 2.05) is 6.92 Å². The van der Waals surface area contributed by atoms with E-state index in [-0.39, 0.29) is 6.54 Å². The van der Waals surface area contributed by atoms with Crippen molar-refractivity contribution in [1.29, 1.82) is 0 Å². The summed E-state index contributed by atoms with van der Waals surface area (Å²) in [7, 11) is -3.61. The average Bonchev–Trinajstić information content (AvgIpc) is 2.43. The molecule has 0 saturated carbocycles. The molecular weight excluding hydrogens is 270 g/mol. The maximum Gasteiger partial charge on any atom is 0.282 e. The Hall–Kier alpha value is -0.700. The van der Waals surface area contributed by atoms with Crippen molar-refractivity contribution in [3.63, 3.8) is 0 Å². The molecule has 1 rings (SSSR count). The summed E-state index contributed by atoms with van der Waals surface area (Å²) >= 11 is 0. The highest BCUT2D eigenvalue weighted by Gasteiger charge is 2.31. The van der Waals surface area contributed by atoms with Crippen LogP contribution in [0.15, 0.2) is 0 Å². The molecule has 0 bridgehead atoms. The molecule has 0 atom stereocenters. The number of rotatable bonds is 7. The molecule has 2 N–H and O–H groups in total. The fraction of sp³-hybridized carbons (Fsp3) is 0.909. The van der Waals surface area contributed by atoms with Crippen molar-refractivity contribution in [2.45, 2.75) is 39.0 Å². The number of piperidine rings is 1. The Morgan fingerprint density at radius 1 is 1.32 bits per heavy atom. The first-order valence-corrected chi connectivity index (χ1v) is 8.10. The summed E-state index contributed by atoms with van der Waals surface area (Å²) in [5.74, 6) is -0.711. The van der Waals surface area contributed by atoms with Gasteiger partial charge in [0.25, 0.3) is 16.1 Å². The number of hydrogen-bond donors (Lipinski definition) is 2. The van der Waals surface area contributed by atoms with E-state index in [1.165, 1.54) is 9.79 Å². The van der Waals surface area contributed by atoms with Gasteiger partial charge in [-0.2, -0.15) is 17.0 Å². The predicted molar refractivity (Wildman–Crippen MR) is 70.8 cm³/mol. The summed E-state index contributed by atoms with van der Waals surface area (Å²) in [6, 6.07) is 0. The lowest BCUT2D eigenvalue weighted by molar-refractivity contribution is -0.129. The van der Waals surface area contributed by atoms with E-state index in [1.54, 1.807) is 0 Å². The third-order valence-corrected chi connectivity index (χ3v) is 5.16. The minimum absolute atomic E-state index is 0.294. The van der Waals surface area contributed by atoms with Crippen molar-refractivity contribution < 1.29 is 18.4 Å². The van der Waals surface area contributed by atoms with E-state index in [9.17, 15) is 13.2 Å². The molecule has 1 aliphatic rings. The number of hydroxylamine groups is 1. The Balaban J connectivity index is 2.77. The van der Waals surface area contributed by atoms with E-state index >= 15 is 0 Å². The van der Waals surface area contributed by atoms with Gasteiger partial charge in [0.2, 0.25) is 0 Å².